The number of carbonyl (C=O) groups excluding carboxylic acids is 2. The Bertz CT molecular complexity index is 491. The third-order valence-corrected chi connectivity index (χ3v) is 2.88. The molecule has 7 heteroatoms. The monoisotopic (exact) mass is 355 g/mol. The Kier molecular flexibility index (Phi) is 7.63. The average Bonchev–Trinajstić information content (AvgIpc) is 2.41. The van der Waals surface area contributed by atoms with Crippen molar-refractivity contribution in [3.63, 3.8) is 0 Å². The molecule has 0 aromatic carbocycles. The number of hydrogen-bond acceptors (Lipinski definition) is 5. The maximum absolute atomic E-state index is 11.9. The first-order valence-electron chi connectivity index (χ1n) is 6.45. The van der Waals surface area contributed by atoms with Gasteiger partial charge in [-0.25, -0.2) is 4.98 Å². The molecular weight excluding hydrogens is 338 g/mol. The summed E-state index contributed by atoms with van der Waals surface area (Å²) in [5, 5.41) is 2.66. The van der Waals surface area contributed by atoms with Crippen molar-refractivity contribution in [2.24, 2.45) is 0 Å². The van der Waals surface area contributed by atoms with Gasteiger partial charge in [0.15, 0.2) is 0 Å². The Balaban J connectivity index is 2.53. The largest absolute Gasteiger partial charge is 0.465 e. The molecule has 0 aliphatic heterocycles. The van der Waals surface area contributed by atoms with E-state index in [0.29, 0.717) is 19.0 Å². The molecule has 0 atom stereocenters. The average molecular weight is 356 g/mol. The van der Waals surface area contributed by atoms with Crippen LogP contribution in [-0.2, 0) is 14.3 Å². The van der Waals surface area contributed by atoms with E-state index in [2.05, 4.69) is 32.8 Å². The normalized spacial score (nSPS) is 10.2. The first kappa shape index (κ1) is 17.3. The van der Waals surface area contributed by atoms with Crippen LogP contribution in [-0.4, -0.2) is 48.0 Å². The summed E-state index contributed by atoms with van der Waals surface area (Å²) in [7, 11) is 0. The number of nitrogens with one attached hydrogen (secondary N) is 1. The van der Waals surface area contributed by atoms with Gasteiger partial charge in [-0.05, 0) is 35.0 Å². The Morgan fingerprint density at radius 1 is 1.48 bits per heavy atom. The first-order chi connectivity index (χ1) is 10.0. The fraction of sp³-hybridized carbons (Fsp3) is 0.357. The summed E-state index contributed by atoms with van der Waals surface area (Å²) in [4.78, 5) is 29.1. The van der Waals surface area contributed by atoms with E-state index in [0.717, 1.165) is 4.47 Å². The number of aromatic nitrogens is 1. The quantitative estimate of drug-likeness (QED) is 0.569. The van der Waals surface area contributed by atoms with Crippen LogP contribution < -0.4 is 5.32 Å². The number of nitrogens with zero attached hydrogens (tertiary/aromatic N) is 2. The highest BCUT2D eigenvalue weighted by molar-refractivity contribution is 9.10. The minimum absolute atomic E-state index is 0.0427. The van der Waals surface area contributed by atoms with Crippen molar-refractivity contribution in [2.75, 3.05) is 31.6 Å². The molecule has 6 nitrogen and oxygen atoms in total. The second-order valence-corrected chi connectivity index (χ2v) is 5.09. The summed E-state index contributed by atoms with van der Waals surface area (Å²) in [6.07, 6.45) is 3.22. The van der Waals surface area contributed by atoms with E-state index in [1.165, 1.54) is 0 Å². The maximum Gasteiger partial charge on any atom is 0.320 e. The molecule has 1 aromatic heterocycles. The van der Waals surface area contributed by atoms with Crippen LogP contribution in [0.1, 0.15) is 6.92 Å². The van der Waals surface area contributed by atoms with Crippen LogP contribution >= 0.6 is 15.9 Å². The van der Waals surface area contributed by atoms with Crippen LogP contribution in [0.5, 0.6) is 0 Å². The van der Waals surface area contributed by atoms with Gasteiger partial charge in [0.25, 0.3) is 0 Å². The molecule has 0 bridgehead atoms. The van der Waals surface area contributed by atoms with Crippen molar-refractivity contribution in [3.05, 3.63) is 35.5 Å². The summed E-state index contributed by atoms with van der Waals surface area (Å²) in [6, 6.07) is 3.47. The van der Waals surface area contributed by atoms with Crippen molar-refractivity contribution in [1.29, 1.82) is 0 Å². The summed E-state index contributed by atoms with van der Waals surface area (Å²) >= 11 is 3.27. The number of anilines is 1. The van der Waals surface area contributed by atoms with Gasteiger partial charge in [-0.1, -0.05) is 6.08 Å². The second-order valence-electron chi connectivity index (χ2n) is 4.17. The number of rotatable bonds is 8. The number of amides is 1. The van der Waals surface area contributed by atoms with Crippen LogP contribution in [0.15, 0.2) is 35.5 Å². The van der Waals surface area contributed by atoms with Crippen LogP contribution in [0.4, 0.5) is 5.82 Å². The molecular formula is C14H18BrN3O3. The second kappa shape index (κ2) is 9.25. The van der Waals surface area contributed by atoms with Gasteiger partial charge in [-0.3, -0.25) is 14.5 Å². The van der Waals surface area contributed by atoms with Crippen LogP contribution in [0, 0.1) is 0 Å². The van der Waals surface area contributed by atoms with Crippen LogP contribution in [0.3, 0.4) is 0 Å². The zero-order chi connectivity index (χ0) is 15.7. The van der Waals surface area contributed by atoms with Crippen molar-refractivity contribution in [3.8, 4) is 0 Å². The molecule has 0 saturated carbocycles. The Labute approximate surface area is 132 Å². The van der Waals surface area contributed by atoms with Gasteiger partial charge < -0.3 is 10.1 Å². The molecule has 1 amide bonds. The molecule has 0 spiro atoms. The van der Waals surface area contributed by atoms with Crippen LogP contribution in [0.25, 0.3) is 0 Å². The number of halogens is 1. The number of carbonyl (C=O) groups is 2. The maximum atomic E-state index is 11.9. The number of hydrogen-bond donors (Lipinski definition) is 1. The van der Waals surface area contributed by atoms with Gasteiger partial charge in [-0.2, -0.15) is 0 Å². The van der Waals surface area contributed by atoms with Gasteiger partial charge in [0.05, 0.1) is 19.7 Å². The minimum atomic E-state index is -0.367. The lowest BCUT2D eigenvalue weighted by Gasteiger charge is -2.18. The zero-order valence-electron chi connectivity index (χ0n) is 11.8. The third-order valence-electron chi connectivity index (χ3n) is 2.41. The smallest absolute Gasteiger partial charge is 0.320 e. The molecule has 0 aliphatic rings. The lowest BCUT2D eigenvalue weighted by Crippen LogP contribution is -2.37. The molecule has 0 fully saturated rings. The SMILES string of the molecule is C=CCN(CC(=O)Nc1ccc(Br)cn1)CC(=O)OCC. The highest BCUT2D eigenvalue weighted by Gasteiger charge is 2.14. The topological polar surface area (TPSA) is 71.5 Å². The number of pyridine rings is 1. The van der Waals surface area contributed by atoms with Gasteiger partial charge in [0.2, 0.25) is 5.91 Å². The fourth-order valence-corrected chi connectivity index (χ4v) is 1.83. The minimum Gasteiger partial charge on any atom is -0.465 e. The van der Waals surface area contributed by atoms with Gasteiger partial charge in [0.1, 0.15) is 5.82 Å². The summed E-state index contributed by atoms with van der Waals surface area (Å²) in [5.41, 5.74) is 0. The lowest BCUT2D eigenvalue weighted by atomic mass is 10.4. The third kappa shape index (κ3) is 7.01. The molecule has 114 valence electrons. The Morgan fingerprint density at radius 2 is 2.24 bits per heavy atom. The molecule has 1 heterocycles. The molecule has 1 rings (SSSR count). The molecule has 21 heavy (non-hydrogen) atoms. The number of ether oxygens (including phenoxy) is 1. The molecule has 0 saturated heterocycles. The zero-order valence-corrected chi connectivity index (χ0v) is 13.4. The van der Waals surface area contributed by atoms with Crippen molar-refractivity contribution in [2.45, 2.75) is 6.92 Å². The summed E-state index contributed by atoms with van der Waals surface area (Å²) < 4.78 is 5.70. The predicted molar refractivity (Wildman–Crippen MR) is 83.8 cm³/mol. The summed E-state index contributed by atoms with van der Waals surface area (Å²) in [5.74, 6) is -0.164. The predicted octanol–water partition coefficient (Wildman–Crippen LogP) is 1.83. The van der Waals surface area contributed by atoms with Crippen LogP contribution in [0.2, 0.25) is 0 Å². The van der Waals surface area contributed by atoms with E-state index in [1.807, 2.05) is 0 Å². The van der Waals surface area contributed by atoms with E-state index in [-0.39, 0.29) is 25.0 Å². The first-order valence-corrected chi connectivity index (χ1v) is 7.24. The Morgan fingerprint density at radius 3 is 2.81 bits per heavy atom. The molecule has 1 aromatic rings. The fourth-order valence-electron chi connectivity index (χ4n) is 1.59. The Hall–Kier alpha value is -1.73. The molecule has 1 N–H and O–H groups in total. The van der Waals surface area contributed by atoms with Crippen molar-refractivity contribution < 1.29 is 14.3 Å². The highest BCUT2D eigenvalue weighted by Crippen LogP contribution is 2.10. The van der Waals surface area contributed by atoms with Crippen molar-refractivity contribution in [1.82, 2.24) is 9.88 Å². The van der Waals surface area contributed by atoms with E-state index in [4.69, 9.17) is 4.74 Å². The van der Waals surface area contributed by atoms with Gasteiger partial charge >= 0.3 is 5.97 Å². The van der Waals surface area contributed by atoms with Gasteiger partial charge in [0, 0.05) is 17.2 Å². The van der Waals surface area contributed by atoms with Gasteiger partial charge in [-0.15, -0.1) is 6.58 Å². The van der Waals surface area contributed by atoms with E-state index in [1.54, 1.807) is 36.2 Å². The lowest BCUT2D eigenvalue weighted by molar-refractivity contribution is -0.144. The van der Waals surface area contributed by atoms with E-state index in [9.17, 15) is 9.59 Å². The molecule has 0 radical (unpaired) electrons. The standard InChI is InChI=1S/C14H18BrN3O3/c1-3-7-18(10-14(20)21-4-2)9-13(19)17-12-6-5-11(15)8-16-12/h3,5-6,8H,1,4,7,9-10H2,2H3,(H,16,17,19). The molecule has 0 aliphatic carbocycles. The van der Waals surface area contributed by atoms with E-state index < -0.39 is 0 Å². The summed E-state index contributed by atoms with van der Waals surface area (Å²) in [6.45, 7) is 6.18. The van der Waals surface area contributed by atoms with Crippen molar-refractivity contribution >= 4 is 33.6 Å². The number of esters is 1. The highest BCUT2D eigenvalue weighted by atomic mass is 79.9. The molecule has 0 unspecified atom stereocenters. The van der Waals surface area contributed by atoms with E-state index >= 15 is 0 Å².